The average Bonchev–Trinajstić information content (AvgIpc) is 3.55. The maximum atomic E-state index is 17.3. The first-order valence-corrected chi connectivity index (χ1v) is 21.9. The zero-order valence-corrected chi connectivity index (χ0v) is 31.9. The van der Waals surface area contributed by atoms with Gasteiger partial charge in [0.2, 0.25) is 0 Å². The van der Waals surface area contributed by atoms with Crippen LogP contribution in [0.25, 0.3) is 0 Å². The molecule has 0 aromatic heterocycles. The summed E-state index contributed by atoms with van der Waals surface area (Å²) in [7, 11) is -1.38. The highest BCUT2D eigenvalue weighted by atomic mass is 35.5. The summed E-state index contributed by atoms with van der Waals surface area (Å²) < 4.78 is 23.7. The van der Waals surface area contributed by atoms with Crippen LogP contribution in [0.15, 0.2) is 157 Å². The molecule has 6 nitrogen and oxygen atoms in total. The number of aliphatic imine (C=N–C) groups is 1. The summed E-state index contributed by atoms with van der Waals surface area (Å²) >= 11 is 7.21. The van der Waals surface area contributed by atoms with Crippen LogP contribution in [0, 0.1) is 5.82 Å². The maximum Gasteiger partial charge on any atom is 0.171 e. The monoisotopic (exact) mass is 739 g/mol. The Labute approximate surface area is 317 Å². The van der Waals surface area contributed by atoms with Crippen LogP contribution < -0.4 is 15.8 Å². The van der Waals surface area contributed by atoms with E-state index in [2.05, 4.69) is 54.6 Å². The molecule has 0 saturated heterocycles. The third kappa shape index (κ3) is 8.21. The summed E-state index contributed by atoms with van der Waals surface area (Å²) in [5.41, 5.74) is 10.4. The number of benzene rings is 6. The van der Waals surface area contributed by atoms with Gasteiger partial charge in [-0.3, -0.25) is 10.4 Å². The summed E-state index contributed by atoms with van der Waals surface area (Å²) in [6.45, 7) is 7.69. The summed E-state index contributed by atoms with van der Waals surface area (Å²) in [5, 5.41) is 7.42. The highest BCUT2D eigenvalue weighted by molar-refractivity contribution is 6.76. The quantitative estimate of drug-likeness (QED) is 0.0702. The lowest BCUT2D eigenvalue weighted by atomic mass is 9.99. The topological polar surface area (TPSA) is 52.1 Å². The summed E-state index contributed by atoms with van der Waals surface area (Å²) in [5.74, 6) is -0.639. The number of anilines is 4. The molecule has 6 aromatic carbocycles. The standard InChI is InChI=1S/C44H43ClFN5OSi/c1-53(2,3)30-29-52-31-50-44-37(45)38(46)40(48-39(32-19-9-4-10-20-32)33-21-11-5-12-22-33)41(47-36-27-17-8-18-28-36)42(44)49-51(50)43(34-23-13-6-14-24-34)35-25-15-7-16-26-35/h4-28,43,47,49H,29-31H2,1-3H3. The van der Waals surface area contributed by atoms with E-state index in [-0.39, 0.29) is 23.5 Å². The van der Waals surface area contributed by atoms with Crippen molar-refractivity contribution in [1.29, 1.82) is 0 Å². The minimum atomic E-state index is -1.38. The number of rotatable bonds is 13. The molecule has 2 N–H and O–H groups in total. The van der Waals surface area contributed by atoms with E-state index in [1.807, 2.05) is 138 Å². The Bertz CT molecular complexity index is 2070. The zero-order chi connectivity index (χ0) is 36.8. The molecule has 1 aliphatic rings. The lowest BCUT2D eigenvalue weighted by molar-refractivity contribution is 0.0996. The number of hydrazine groups is 2. The van der Waals surface area contributed by atoms with E-state index >= 15 is 4.39 Å². The molecule has 9 heteroatoms. The molecule has 0 aliphatic carbocycles. The number of fused-ring (bicyclic) bond motifs is 1. The molecule has 0 amide bonds. The second kappa shape index (κ2) is 16.2. The Morgan fingerprint density at radius 2 is 1.25 bits per heavy atom. The zero-order valence-electron chi connectivity index (χ0n) is 30.1. The maximum absolute atomic E-state index is 17.3. The van der Waals surface area contributed by atoms with Crippen LogP contribution in [0.1, 0.15) is 28.3 Å². The first kappa shape index (κ1) is 36.1. The third-order valence-corrected chi connectivity index (χ3v) is 11.2. The van der Waals surface area contributed by atoms with E-state index in [0.717, 1.165) is 34.0 Å². The average molecular weight is 740 g/mol. The van der Waals surface area contributed by atoms with Gasteiger partial charge in [0.15, 0.2) is 5.82 Å². The Morgan fingerprint density at radius 3 is 1.75 bits per heavy atom. The fourth-order valence-electron chi connectivity index (χ4n) is 6.40. The Balaban J connectivity index is 1.45. The van der Waals surface area contributed by atoms with Crippen LogP contribution in [0.4, 0.5) is 32.8 Å². The van der Waals surface area contributed by atoms with Gasteiger partial charge in [-0.05, 0) is 29.3 Å². The van der Waals surface area contributed by atoms with Gasteiger partial charge in [0, 0.05) is 31.5 Å². The first-order chi connectivity index (χ1) is 25.8. The van der Waals surface area contributed by atoms with E-state index in [0.29, 0.717) is 29.4 Å². The highest BCUT2D eigenvalue weighted by Gasteiger charge is 2.40. The first-order valence-electron chi connectivity index (χ1n) is 17.9. The molecule has 1 heterocycles. The van der Waals surface area contributed by atoms with Crippen molar-refractivity contribution in [2.45, 2.75) is 31.7 Å². The second-order valence-electron chi connectivity index (χ2n) is 14.2. The van der Waals surface area contributed by atoms with Crippen molar-refractivity contribution >= 4 is 53.8 Å². The van der Waals surface area contributed by atoms with Crippen molar-refractivity contribution < 1.29 is 9.13 Å². The van der Waals surface area contributed by atoms with Gasteiger partial charge in [-0.2, -0.15) is 0 Å². The van der Waals surface area contributed by atoms with Crippen LogP contribution in [-0.2, 0) is 4.74 Å². The lowest BCUT2D eigenvalue weighted by Crippen LogP contribution is -2.46. The predicted molar refractivity (Wildman–Crippen MR) is 221 cm³/mol. The lowest BCUT2D eigenvalue weighted by Gasteiger charge is -2.36. The summed E-state index contributed by atoms with van der Waals surface area (Å²) in [6, 6.07) is 50.5. The Morgan fingerprint density at radius 1 is 0.755 bits per heavy atom. The fraction of sp³-hybridized carbons (Fsp3) is 0.159. The Kier molecular flexibility index (Phi) is 11.0. The fourth-order valence-corrected chi connectivity index (χ4v) is 7.43. The largest absolute Gasteiger partial charge is 0.360 e. The molecule has 0 unspecified atom stereocenters. The summed E-state index contributed by atoms with van der Waals surface area (Å²) in [4.78, 5) is 5.14. The number of hydrogen-bond donors (Lipinski definition) is 2. The minimum Gasteiger partial charge on any atom is -0.360 e. The number of halogens is 2. The van der Waals surface area contributed by atoms with Gasteiger partial charge >= 0.3 is 0 Å². The molecular formula is C44H43ClFN5OSi. The minimum absolute atomic E-state index is 0.0542. The van der Waals surface area contributed by atoms with Crippen LogP contribution >= 0.6 is 11.6 Å². The third-order valence-electron chi connectivity index (χ3n) is 9.12. The SMILES string of the molecule is C[Si](C)(C)CCOCN1c2c(Cl)c(F)c(N=C(c3ccccc3)c3ccccc3)c(Nc3ccccc3)c2NN1C(c1ccccc1)c1ccccc1. The molecule has 0 saturated carbocycles. The van der Waals surface area contributed by atoms with Gasteiger partial charge in [0.1, 0.15) is 34.9 Å². The molecule has 53 heavy (non-hydrogen) atoms. The molecule has 268 valence electrons. The number of para-hydroxylation sites is 1. The van der Waals surface area contributed by atoms with Crippen LogP contribution in [0.2, 0.25) is 30.7 Å². The highest BCUT2D eigenvalue weighted by Crippen LogP contribution is 2.54. The normalized spacial score (nSPS) is 12.8. The van der Waals surface area contributed by atoms with Gasteiger partial charge in [-0.1, -0.05) is 171 Å². The van der Waals surface area contributed by atoms with Crippen molar-refractivity contribution in [3.05, 3.63) is 185 Å². The summed E-state index contributed by atoms with van der Waals surface area (Å²) in [6.07, 6.45) is 0. The van der Waals surface area contributed by atoms with Crippen LogP contribution in [0.3, 0.4) is 0 Å². The molecule has 1 aliphatic heterocycles. The van der Waals surface area contributed by atoms with E-state index in [4.69, 9.17) is 21.3 Å². The van der Waals surface area contributed by atoms with Gasteiger partial charge in [0.05, 0.1) is 11.4 Å². The molecule has 0 atom stereocenters. The van der Waals surface area contributed by atoms with Gasteiger partial charge in [-0.15, -0.1) is 5.12 Å². The van der Waals surface area contributed by atoms with Crippen LogP contribution in [-0.4, -0.2) is 32.2 Å². The van der Waals surface area contributed by atoms with Crippen molar-refractivity contribution in [3.8, 4) is 0 Å². The number of hydrogen-bond acceptors (Lipinski definition) is 6. The van der Waals surface area contributed by atoms with Gasteiger partial charge in [0.25, 0.3) is 0 Å². The second-order valence-corrected chi connectivity index (χ2v) is 20.2. The van der Waals surface area contributed by atoms with E-state index < -0.39 is 13.9 Å². The van der Waals surface area contributed by atoms with E-state index in [1.54, 1.807) is 0 Å². The van der Waals surface area contributed by atoms with E-state index in [1.165, 1.54) is 0 Å². The van der Waals surface area contributed by atoms with E-state index in [9.17, 15) is 0 Å². The van der Waals surface area contributed by atoms with Gasteiger partial charge < -0.3 is 10.1 Å². The smallest absolute Gasteiger partial charge is 0.171 e. The predicted octanol–water partition coefficient (Wildman–Crippen LogP) is 11.9. The molecular weight excluding hydrogens is 697 g/mol. The molecule has 0 fully saturated rings. The van der Waals surface area contributed by atoms with Crippen molar-refractivity contribution in [2.24, 2.45) is 4.99 Å². The van der Waals surface area contributed by atoms with Crippen molar-refractivity contribution in [3.63, 3.8) is 0 Å². The molecule has 0 bridgehead atoms. The van der Waals surface area contributed by atoms with Gasteiger partial charge in [-0.25, -0.2) is 9.38 Å². The molecule has 7 rings (SSSR count). The molecule has 0 spiro atoms. The Hall–Kier alpha value is -5.25. The number of nitrogens with zero attached hydrogens (tertiary/aromatic N) is 3. The number of nitrogens with one attached hydrogen (secondary N) is 2. The van der Waals surface area contributed by atoms with Crippen molar-refractivity contribution in [2.75, 3.05) is 29.1 Å². The van der Waals surface area contributed by atoms with Crippen molar-refractivity contribution in [1.82, 2.24) is 5.12 Å². The molecule has 6 aromatic rings. The van der Waals surface area contributed by atoms with Crippen LogP contribution in [0.5, 0.6) is 0 Å². The number of ether oxygens (including phenoxy) is 1. The molecule has 0 radical (unpaired) electrons.